The zero-order chi connectivity index (χ0) is 20.7. The van der Waals surface area contributed by atoms with Gasteiger partial charge in [-0.1, -0.05) is 0 Å². The average molecular weight is 454 g/mol. The van der Waals surface area contributed by atoms with Crippen molar-refractivity contribution in [3.05, 3.63) is 0 Å². The van der Waals surface area contributed by atoms with Crippen LogP contribution >= 0.6 is 18.2 Å². The van der Waals surface area contributed by atoms with Crippen molar-refractivity contribution in [3.63, 3.8) is 0 Å². The van der Waals surface area contributed by atoms with E-state index in [0.717, 1.165) is 39.3 Å². The Bertz CT molecular complexity index is 458. The topological polar surface area (TPSA) is 72.9 Å². The van der Waals surface area contributed by atoms with Gasteiger partial charge >= 0.3 is 6.80 Å². The van der Waals surface area contributed by atoms with Crippen molar-refractivity contribution < 1.29 is 27.8 Å². The van der Waals surface area contributed by atoms with Gasteiger partial charge in [0.15, 0.2) is 0 Å². The molecular formula is C18H36N3O6PS. The lowest BCUT2D eigenvalue weighted by Crippen LogP contribution is -2.45. The van der Waals surface area contributed by atoms with Crippen LogP contribution in [0.25, 0.3) is 0 Å². The lowest BCUT2D eigenvalue weighted by atomic mass is 10.4. The first kappa shape index (κ1) is 23.9. The smallest absolute Gasteiger partial charge is 0.379 e. The zero-order valence-electron chi connectivity index (χ0n) is 17.9. The molecule has 9 nitrogen and oxygen atoms in total. The third kappa shape index (κ3) is 7.42. The predicted molar refractivity (Wildman–Crippen MR) is 113 cm³/mol. The summed E-state index contributed by atoms with van der Waals surface area (Å²) in [5.41, 5.74) is 0. The lowest BCUT2D eigenvalue weighted by molar-refractivity contribution is -0.0617. The van der Waals surface area contributed by atoms with Gasteiger partial charge in [-0.3, -0.25) is 23.7 Å². The molecule has 3 aliphatic rings. The summed E-state index contributed by atoms with van der Waals surface area (Å²) in [6.07, 6.45) is -0.600. The Morgan fingerprint density at radius 1 is 0.690 bits per heavy atom. The van der Waals surface area contributed by atoms with E-state index in [2.05, 4.69) is 21.6 Å². The quantitative estimate of drug-likeness (QED) is 0.483. The van der Waals surface area contributed by atoms with Gasteiger partial charge in [-0.05, 0) is 32.2 Å². The summed E-state index contributed by atoms with van der Waals surface area (Å²) in [6, 6.07) is 0. The molecule has 0 aromatic heterocycles. The van der Waals surface area contributed by atoms with E-state index < -0.39 is 6.80 Å². The van der Waals surface area contributed by atoms with E-state index >= 15 is 0 Å². The summed E-state index contributed by atoms with van der Waals surface area (Å²) < 4.78 is 42.5. The van der Waals surface area contributed by atoms with Gasteiger partial charge in [0, 0.05) is 39.3 Å². The number of rotatable bonds is 9. The van der Waals surface area contributed by atoms with Crippen molar-refractivity contribution in [1.82, 2.24) is 14.7 Å². The Labute approximate surface area is 178 Å². The zero-order valence-corrected chi connectivity index (χ0v) is 19.6. The molecule has 3 aliphatic heterocycles. The van der Waals surface area contributed by atoms with Crippen LogP contribution in [0.5, 0.6) is 0 Å². The first-order valence-corrected chi connectivity index (χ1v) is 13.6. The Morgan fingerprint density at radius 2 is 1.03 bits per heavy atom. The van der Waals surface area contributed by atoms with Crippen molar-refractivity contribution in [2.45, 2.75) is 38.6 Å². The largest absolute Gasteiger partial charge is 0.393 e. The molecule has 3 heterocycles. The molecule has 0 saturated carbocycles. The van der Waals surface area contributed by atoms with Crippen molar-refractivity contribution in [2.24, 2.45) is 0 Å². The van der Waals surface area contributed by atoms with Crippen molar-refractivity contribution in [1.29, 1.82) is 0 Å². The van der Waals surface area contributed by atoms with Crippen LogP contribution in [0.15, 0.2) is 0 Å². The summed E-state index contributed by atoms with van der Waals surface area (Å²) in [7, 11) is 0. The maximum atomic E-state index is 13.9. The molecule has 3 rings (SSSR count). The van der Waals surface area contributed by atoms with Crippen LogP contribution in [0.3, 0.4) is 0 Å². The Hall–Kier alpha value is 0.260. The monoisotopic (exact) mass is 453 g/mol. The Kier molecular flexibility index (Phi) is 9.70. The van der Waals surface area contributed by atoms with Gasteiger partial charge < -0.3 is 14.2 Å². The Morgan fingerprint density at radius 3 is 1.41 bits per heavy atom. The molecule has 0 amide bonds. The van der Waals surface area contributed by atoms with E-state index in [1.54, 1.807) is 0 Å². The van der Waals surface area contributed by atoms with Crippen LogP contribution < -0.4 is 0 Å². The molecule has 3 unspecified atom stereocenters. The number of nitrogens with zero attached hydrogens (tertiary/aromatic N) is 3. The van der Waals surface area contributed by atoms with Gasteiger partial charge in [-0.25, -0.2) is 4.57 Å². The highest BCUT2D eigenvalue weighted by molar-refractivity contribution is 8.55. The molecule has 0 aromatic rings. The van der Waals surface area contributed by atoms with Crippen LogP contribution in [0.1, 0.15) is 20.8 Å². The average Bonchev–Trinajstić information content (AvgIpc) is 2.75. The molecule has 3 fully saturated rings. The van der Waals surface area contributed by atoms with Crippen LogP contribution in [-0.2, 0) is 27.8 Å². The highest BCUT2D eigenvalue weighted by Crippen LogP contribution is 2.64. The maximum absolute atomic E-state index is 13.9. The summed E-state index contributed by atoms with van der Waals surface area (Å²) in [5, 5.41) is 0.0125. The lowest BCUT2D eigenvalue weighted by Gasteiger charge is -2.38. The molecule has 0 N–H and O–H groups in total. The number of morpholine rings is 3. The van der Waals surface area contributed by atoms with E-state index in [-0.39, 0.29) is 17.8 Å². The minimum Gasteiger partial charge on any atom is -0.379 e. The molecule has 3 atom stereocenters. The second-order valence-corrected chi connectivity index (χ2v) is 11.7. The highest BCUT2D eigenvalue weighted by atomic mass is 32.7. The summed E-state index contributed by atoms with van der Waals surface area (Å²) in [6.45, 7) is 11.3. The van der Waals surface area contributed by atoms with E-state index in [4.69, 9.17) is 23.3 Å². The highest BCUT2D eigenvalue weighted by Gasteiger charge is 2.38. The molecular weight excluding hydrogens is 417 g/mol. The van der Waals surface area contributed by atoms with E-state index in [1.807, 2.05) is 13.8 Å². The van der Waals surface area contributed by atoms with Crippen molar-refractivity contribution in [3.8, 4) is 0 Å². The number of ether oxygens (including phenoxy) is 3. The first-order valence-electron chi connectivity index (χ1n) is 10.6. The minimum atomic E-state index is -3.42. The minimum absolute atomic E-state index is 0.0125. The fourth-order valence-electron chi connectivity index (χ4n) is 3.66. The van der Waals surface area contributed by atoms with Crippen molar-refractivity contribution in [2.75, 3.05) is 78.9 Å². The maximum Gasteiger partial charge on any atom is 0.393 e. The van der Waals surface area contributed by atoms with E-state index in [0.29, 0.717) is 39.6 Å². The van der Waals surface area contributed by atoms with E-state index in [1.165, 1.54) is 11.4 Å². The second-order valence-electron chi connectivity index (χ2n) is 7.51. The molecule has 0 aromatic carbocycles. The van der Waals surface area contributed by atoms with Crippen LogP contribution in [-0.4, -0.2) is 111 Å². The summed E-state index contributed by atoms with van der Waals surface area (Å²) in [5.74, 6) is 0. The molecule has 0 spiro atoms. The van der Waals surface area contributed by atoms with Crippen molar-refractivity contribution >= 4 is 18.2 Å². The first-order chi connectivity index (χ1) is 14.0. The molecule has 170 valence electrons. The van der Waals surface area contributed by atoms with Gasteiger partial charge in [0.2, 0.25) is 0 Å². The van der Waals surface area contributed by atoms with Gasteiger partial charge in [0.1, 0.15) is 12.5 Å². The molecule has 0 aliphatic carbocycles. The number of hydrogen-bond donors (Lipinski definition) is 0. The fraction of sp³-hybridized carbons (Fsp3) is 1.00. The van der Waals surface area contributed by atoms with Gasteiger partial charge in [-0.2, -0.15) is 0 Å². The predicted octanol–water partition coefficient (Wildman–Crippen LogP) is 1.90. The van der Waals surface area contributed by atoms with Gasteiger partial charge in [0.25, 0.3) is 0 Å². The third-order valence-corrected chi connectivity index (χ3v) is 9.72. The molecule has 0 radical (unpaired) electrons. The third-order valence-electron chi connectivity index (χ3n) is 5.52. The van der Waals surface area contributed by atoms with E-state index in [9.17, 15) is 4.57 Å². The van der Waals surface area contributed by atoms with Crippen LogP contribution in [0.2, 0.25) is 0 Å². The molecule has 3 saturated heterocycles. The Balaban J connectivity index is 1.65. The second kappa shape index (κ2) is 11.8. The molecule has 0 bridgehead atoms. The summed E-state index contributed by atoms with van der Waals surface area (Å²) >= 11 is 1.30. The van der Waals surface area contributed by atoms with Gasteiger partial charge in [-0.15, -0.1) is 0 Å². The SMILES string of the molecule is CC(OP(=O)(OC(C)N1CCOCC1)SC(C)N1CCOCC1)N1CCOCC1. The molecule has 29 heavy (non-hydrogen) atoms. The van der Waals surface area contributed by atoms with Gasteiger partial charge in [0.05, 0.1) is 45.0 Å². The normalized spacial score (nSPS) is 28.5. The fourth-order valence-corrected chi connectivity index (χ4v) is 8.11. The molecule has 11 heteroatoms. The van der Waals surface area contributed by atoms with Crippen LogP contribution in [0.4, 0.5) is 0 Å². The van der Waals surface area contributed by atoms with Crippen LogP contribution in [0, 0.1) is 0 Å². The summed E-state index contributed by atoms with van der Waals surface area (Å²) in [4.78, 5) is 6.57. The standard InChI is InChI=1S/C18H36N3O6PS/c1-16(19-4-10-23-11-5-19)26-28(22,27-17(2)20-6-12-24-13-7-20)29-18(3)21-8-14-25-15-9-21/h16-18H,4-15H2,1-3H3. The number of hydrogen-bond acceptors (Lipinski definition) is 10.